The highest BCUT2D eigenvalue weighted by Crippen LogP contribution is 2.34. The summed E-state index contributed by atoms with van der Waals surface area (Å²) in [6.45, 7) is 11.7. The number of imidazole rings is 2. The molecule has 1 aliphatic heterocycles. The molecule has 5 heterocycles. The summed E-state index contributed by atoms with van der Waals surface area (Å²) in [4.78, 5) is 70.8. The number of fused-ring (bicyclic) bond motifs is 2. The Bertz CT molecular complexity index is 2790. The Hall–Kier alpha value is -6.16. The average Bonchev–Trinajstić information content (AvgIpc) is 4.06. The van der Waals surface area contributed by atoms with Crippen LogP contribution in [0.4, 0.5) is 16.3 Å². The van der Waals surface area contributed by atoms with E-state index in [1.807, 2.05) is 32.3 Å². The Labute approximate surface area is 382 Å². The van der Waals surface area contributed by atoms with Crippen molar-refractivity contribution in [1.82, 2.24) is 38.8 Å². The third kappa shape index (κ3) is 10.1. The number of ether oxygens (including phenoxy) is 4. The smallest absolute Gasteiger partial charge is 0.338 e. The van der Waals surface area contributed by atoms with Crippen molar-refractivity contribution in [3.8, 4) is 5.75 Å². The Morgan fingerprint density at radius 1 is 0.877 bits per heavy atom. The highest BCUT2D eigenvalue weighted by atomic mass is 32.2. The first-order valence-electron chi connectivity index (χ1n) is 21.1. The molecule has 0 radical (unpaired) electrons. The van der Waals surface area contributed by atoms with Crippen LogP contribution in [-0.2, 0) is 40.3 Å². The summed E-state index contributed by atoms with van der Waals surface area (Å²) in [5, 5.41) is 10.7. The molecule has 1 saturated heterocycles. The molecule has 0 saturated carbocycles. The highest BCUT2D eigenvalue weighted by molar-refractivity contribution is 7.98. The van der Waals surface area contributed by atoms with Crippen LogP contribution in [0, 0.1) is 19.7 Å². The third-order valence-electron chi connectivity index (χ3n) is 10.8. The summed E-state index contributed by atoms with van der Waals surface area (Å²) >= 11 is 2.66. The van der Waals surface area contributed by atoms with Gasteiger partial charge in [0.25, 0.3) is 11.8 Å². The minimum absolute atomic E-state index is 0.0828. The number of aromatic nitrogens is 7. The lowest BCUT2D eigenvalue weighted by atomic mass is 10.2. The number of thioether (sulfide) groups is 1. The van der Waals surface area contributed by atoms with E-state index in [1.54, 1.807) is 40.3 Å². The van der Waals surface area contributed by atoms with Crippen LogP contribution in [0.15, 0.2) is 41.3 Å². The fourth-order valence-corrected chi connectivity index (χ4v) is 9.17. The predicted molar refractivity (Wildman–Crippen MR) is 245 cm³/mol. The van der Waals surface area contributed by atoms with E-state index < -0.39 is 23.7 Å². The van der Waals surface area contributed by atoms with Crippen LogP contribution < -0.4 is 15.4 Å². The molecule has 1 aliphatic rings. The van der Waals surface area contributed by atoms with Crippen LogP contribution in [0.1, 0.15) is 77.5 Å². The zero-order chi connectivity index (χ0) is 46.4. The van der Waals surface area contributed by atoms with E-state index in [9.17, 15) is 19.2 Å². The van der Waals surface area contributed by atoms with E-state index in [-0.39, 0.29) is 60.0 Å². The van der Waals surface area contributed by atoms with Gasteiger partial charge in [-0.15, -0.1) is 23.1 Å². The van der Waals surface area contributed by atoms with Gasteiger partial charge in [-0.3, -0.25) is 29.8 Å². The molecule has 18 nitrogen and oxygen atoms in total. The van der Waals surface area contributed by atoms with Crippen molar-refractivity contribution in [1.29, 1.82) is 0 Å². The number of nitrogens with zero attached hydrogens (tertiary/aromatic N) is 8. The number of carbonyl (C=O) groups excluding carboxylic acids is 4. The number of anilines is 2. The standard InChI is InChI=1S/C44H51FN10O8S2/c1-8-29-38(65-26(4)46-29)40(57)50-44-47-30-21-27(41(58)60-5)23-32(63-18-12-13-52-16-19-62-20-17-52)35(30)53(44)14-10-11-15-54-36-31(22-28(42(59)61-6)24-33(36)64-7)48-43(54)49-39(56)37-34(45)25(3)51-55(37)9-2/h10-11,21-24H,8-9,12-20H2,1-7H3,(H,47,50,57)(H,48,49,56)/b11-10+. The predicted octanol–water partition coefficient (Wildman–Crippen LogP) is 6.53. The molecule has 2 N–H and O–H groups in total. The number of methoxy groups -OCH3 is 2. The van der Waals surface area contributed by atoms with E-state index in [1.165, 1.54) is 48.9 Å². The van der Waals surface area contributed by atoms with Crippen LogP contribution >= 0.6 is 23.1 Å². The van der Waals surface area contributed by atoms with Gasteiger partial charge in [0.2, 0.25) is 11.9 Å². The summed E-state index contributed by atoms with van der Waals surface area (Å²) in [6, 6.07) is 6.48. The van der Waals surface area contributed by atoms with Crippen molar-refractivity contribution in [2.75, 3.05) is 70.6 Å². The number of esters is 2. The molecule has 344 valence electrons. The molecule has 0 spiro atoms. The number of amides is 2. The van der Waals surface area contributed by atoms with Crippen LogP contribution in [0.3, 0.4) is 0 Å². The van der Waals surface area contributed by atoms with Gasteiger partial charge in [-0.25, -0.2) is 28.9 Å². The van der Waals surface area contributed by atoms with E-state index in [0.717, 1.165) is 24.6 Å². The Kier molecular flexibility index (Phi) is 15.0. The van der Waals surface area contributed by atoms with Crippen LogP contribution in [0.2, 0.25) is 0 Å². The summed E-state index contributed by atoms with van der Waals surface area (Å²) in [5.41, 5.74) is 2.94. The molecule has 21 heteroatoms. The van der Waals surface area contributed by atoms with Gasteiger partial charge in [0.15, 0.2) is 11.5 Å². The number of allylic oxidation sites excluding steroid dienone is 2. The summed E-state index contributed by atoms with van der Waals surface area (Å²) < 4.78 is 42.1. The van der Waals surface area contributed by atoms with Gasteiger partial charge in [-0.2, -0.15) is 5.10 Å². The molecule has 65 heavy (non-hydrogen) atoms. The highest BCUT2D eigenvalue weighted by Gasteiger charge is 2.26. The first-order chi connectivity index (χ1) is 31.4. The van der Waals surface area contributed by atoms with Gasteiger partial charge < -0.3 is 28.1 Å². The molecule has 6 aromatic rings. The molecular weight excluding hydrogens is 880 g/mol. The fraction of sp³-hybridized carbons (Fsp3) is 0.409. The monoisotopic (exact) mass is 930 g/mol. The molecule has 1 fully saturated rings. The fourth-order valence-electron chi connectivity index (χ4n) is 7.61. The second-order valence-electron chi connectivity index (χ2n) is 14.9. The number of benzene rings is 2. The number of aryl methyl sites for hydroxylation is 4. The lowest BCUT2D eigenvalue weighted by molar-refractivity contribution is 0.0358. The quantitative estimate of drug-likeness (QED) is 0.0408. The largest absolute Gasteiger partial charge is 0.491 e. The van der Waals surface area contributed by atoms with Gasteiger partial charge in [-0.05, 0) is 64.1 Å². The minimum atomic E-state index is -0.749. The van der Waals surface area contributed by atoms with Crippen molar-refractivity contribution in [2.24, 2.45) is 0 Å². The van der Waals surface area contributed by atoms with Gasteiger partial charge in [0.05, 0.1) is 78.1 Å². The minimum Gasteiger partial charge on any atom is -0.491 e. The Morgan fingerprint density at radius 3 is 2.11 bits per heavy atom. The normalized spacial score (nSPS) is 13.2. The van der Waals surface area contributed by atoms with E-state index in [0.29, 0.717) is 75.9 Å². The zero-order valence-electron chi connectivity index (χ0n) is 37.3. The lowest BCUT2D eigenvalue weighted by Gasteiger charge is -2.26. The van der Waals surface area contributed by atoms with Crippen molar-refractivity contribution >= 4 is 80.8 Å². The molecule has 0 unspecified atom stereocenters. The van der Waals surface area contributed by atoms with E-state index >= 15 is 4.39 Å². The summed E-state index contributed by atoms with van der Waals surface area (Å²) in [6.07, 6.45) is 6.82. The van der Waals surface area contributed by atoms with Crippen molar-refractivity contribution in [3.05, 3.63) is 80.3 Å². The molecule has 0 bridgehead atoms. The average molecular weight is 931 g/mol. The molecule has 7 rings (SSSR count). The number of morpholine rings is 1. The van der Waals surface area contributed by atoms with Crippen LogP contribution in [-0.4, -0.2) is 122 Å². The Balaban J connectivity index is 1.27. The van der Waals surface area contributed by atoms with Crippen LogP contribution in [0.5, 0.6) is 5.75 Å². The van der Waals surface area contributed by atoms with Gasteiger partial charge in [-0.1, -0.05) is 19.1 Å². The number of thiazole rings is 1. The molecule has 2 aromatic carbocycles. The third-order valence-corrected chi connectivity index (χ3v) is 12.5. The number of halogens is 1. The zero-order valence-corrected chi connectivity index (χ0v) is 38.9. The van der Waals surface area contributed by atoms with E-state index in [2.05, 4.69) is 25.6 Å². The number of carbonyl (C=O) groups is 4. The molecule has 0 aliphatic carbocycles. The maximum atomic E-state index is 15.3. The summed E-state index contributed by atoms with van der Waals surface area (Å²) in [5.74, 6) is -2.33. The van der Waals surface area contributed by atoms with Gasteiger partial charge in [0, 0.05) is 44.2 Å². The second kappa shape index (κ2) is 20.8. The number of hydrogen-bond acceptors (Lipinski definition) is 15. The van der Waals surface area contributed by atoms with Gasteiger partial charge >= 0.3 is 11.9 Å². The first kappa shape index (κ1) is 46.8. The molecule has 2 amide bonds. The number of rotatable bonds is 18. The molecular formula is C44H51FN10O8S2. The maximum Gasteiger partial charge on any atom is 0.338 e. The van der Waals surface area contributed by atoms with Crippen molar-refractivity contribution in [3.63, 3.8) is 0 Å². The van der Waals surface area contributed by atoms with Crippen LogP contribution in [0.25, 0.3) is 22.1 Å². The van der Waals surface area contributed by atoms with E-state index in [4.69, 9.17) is 28.9 Å². The number of hydrogen-bond donors (Lipinski definition) is 2. The van der Waals surface area contributed by atoms with Gasteiger partial charge in [0.1, 0.15) is 16.1 Å². The SMILES string of the molecule is CCc1nc(C)sc1C(=O)Nc1nc2cc(C(=O)OC)cc(OCCCN3CCOCC3)c2n1C/C=C/Cn1c(NC(=O)c2c(F)c(C)nn2CC)nc2cc(C(=O)OC)cc(SC)c21. The first-order valence-corrected chi connectivity index (χ1v) is 23.1. The maximum absolute atomic E-state index is 15.3. The number of nitrogens with one attached hydrogen (secondary N) is 2. The Morgan fingerprint density at radius 2 is 1.49 bits per heavy atom. The topological polar surface area (TPSA) is 199 Å². The molecule has 0 atom stereocenters. The lowest BCUT2D eigenvalue weighted by Crippen LogP contribution is -2.37. The summed E-state index contributed by atoms with van der Waals surface area (Å²) in [7, 11) is 2.59. The molecule has 4 aromatic heterocycles. The second-order valence-corrected chi connectivity index (χ2v) is 17.0. The van der Waals surface area contributed by atoms with Crippen molar-refractivity contribution < 1.29 is 42.5 Å². The van der Waals surface area contributed by atoms with Crippen molar-refractivity contribution in [2.45, 2.75) is 65.1 Å².